The molecule has 1 aromatic rings. The fraction of sp³-hybridized carbons (Fsp3) is 0.706. The van der Waals surface area contributed by atoms with Gasteiger partial charge in [-0.2, -0.15) is 0 Å². The lowest BCUT2D eigenvalue weighted by Gasteiger charge is -2.21. The smallest absolute Gasteiger partial charge is 0.214 e. The number of pyridine rings is 1. The molecule has 1 atom stereocenters. The van der Waals surface area contributed by atoms with E-state index in [1.807, 2.05) is 19.9 Å². The Hall–Kier alpha value is -1.13. The van der Waals surface area contributed by atoms with Crippen molar-refractivity contribution in [3.8, 4) is 5.88 Å². The third-order valence-electron chi connectivity index (χ3n) is 3.09. The van der Waals surface area contributed by atoms with Crippen LogP contribution in [0.2, 0.25) is 0 Å². The fourth-order valence-electron chi connectivity index (χ4n) is 1.90. The third kappa shape index (κ3) is 6.44. The van der Waals surface area contributed by atoms with Crippen molar-refractivity contribution >= 4 is 0 Å². The molecule has 0 aliphatic rings. The molecule has 1 heterocycles. The summed E-state index contributed by atoms with van der Waals surface area (Å²) in [6, 6.07) is 4.17. The zero-order chi connectivity index (χ0) is 15.9. The van der Waals surface area contributed by atoms with E-state index in [1.165, 1.54) is 5.56 Å². The Morgan fingerprint density at radius 2 is 1.95 bits per heavy atom. The normalized spacial score (nSPS) is 13.2. The first-order valence-electron chi connectivity index (χ1n) is 7.83. The van der Waals surface area contributed by atoms with E-state index in [1.54, 1.807) is 0 Å². The fourth-order valence-corrected chi connectivity index (χ4v) is 1.90. The number of rotatable bonds is 8. The zero-order valence-electron chi connectivity index (χ0n) is 14.3. The van der Waals surface area contributed by atoms with Gasteiger partial charge in [0.25, 0.3) is 0 Å². The molecule has 0 radical (unpaired) electrons. The molecule has 0 saturated heterocycles. The molecule has 1 unspecified atom stereocenters. The molecule has 4 heteroatoms. The number of hydrogen-bond acceptors (Lipinski definition) is 4. The van der Waals surface area contributed by atoms with Crippen LogP contribution in [0.5, 0.6) is 5.88 Å². The molecule has 120 valence electrons. The van der Waals surface area contributed by atoms with Gasteiger partial charge in [-0.1, -0.05) is 27.7 Å². The lowest BCUT2D eigenvalue weighted by molar-refractivity contribution is 0.0631. The van der Waals surface area contributed by atoms with Crippen molar-refractivity contribution in [3.05, 3.63) is 23.4 Å². The topological polar surface area (TPSA) is 43.4 Å². The van der Waals surface area contributed by atoms with Crippen LogP contribution >= 0.6 is 0 Å². The van der Waals surface area contributed by atoms with Gasteiger partial charge in [-0.3, -0.25) is 0 Å². The highest BCUT2D eigenvalue weighted by atomic mass is 16.5. The minimum Gasteiger partial charge on any atom is -0.472 e. The highest BCUT2D eigenvalue weighted by Crippen LogP contribution is 2.24. The Morgan fingerprint density at radius 3 is 2.52 bits per heavy atom. The first-order chi connectivity index (χ1) is 9.86. The molecule has 4 nitrogen and oxygen atoms in total. The number of ether oxygens (including phenoxy) is 2. The van der Waals surface area contributed by atoms with Crippen molar-refractivity contribution < 1.29 is 9.47 Å². The monoisotopic (exact) mass is 294 g/mol. The Kier molecular flexibility index (Phi) is 7.12. The predicted octanol–water partition coefficient (Wildman–Crippen LogP) is 3.29. The largest absolute Gasteiger partial charge is 0.472 e. The average molecular weight is 294 g/mol. The van der Waals surface area contributed by atoms with Crippen molar-refractivity contribution in [3.63, 3.8) is 0 Å². The van der Waals surface area contributed by atoms with E-state index in [0.717, 1.165) is 18.8 Å². The average Bonchev–Trinajstić information content (AvgIpc) is 2.41. The molecule has 1 N–H and O–H groups in total. The van der Waals surface area contributed by atoms with Crippen molar-refractivity contribution in [2.45, 2.75) is 59.6 Å². The Labute approximate surface area is 129 Å². The van der Waals surface area contributed by atoms with E-state index < -0.39 is 0 Å². The van der Waals surface area contributed by atoms with Crippen LogP contribution in [0.3, 0.4) is 0 Å². The molecule has 0 saturated carbocycles. The third-order valence-corrected chi connectivity index (χ3v) is 3.09. The maximum absolute atomic E-state index is 5.91. The van der Waals surface area contributed by atoms with Crippen LogP contribution < -0.4 is 10.1 Å². The van der Waals surface area contributed by atoms with Gasteiger partial charge in [0.05, 0.1) is 12.3 Å². The summed E-state index contributed by atoms with van der Waals surface area (Å²) in [6.07, 6.45) is -0.000322. The molecule has 1 rings (SSSR count). The van der Waals surface area contributed by atoms with E-state index in [0.29, 0.717) is 19.1 Å². The molecule has 0 fully saturated rings. The van der Waals surface area contributed by atoms with Gasteiger partial charge in [0.2, 0.25) is 5.88 Å². The van der Waals surface area contributed by atoms with Crippen LogP contribution in [0, 0.1) is 0 Å². The molecule has 0 bridgehead atoms. The summed E-state index contributed by atoms with van der Waals surface area (Å²) < 4.78 is 11.3. The van der Waals surface area contributed by atoms with Crippen LogP contribution in [-0.2, 0) is 16.7 Å². The van der Waals surface area contributed by atoms with Gasteiger partial charge in [0.1, 0.15) is 6.10 Å². The summed E-state index contributed by atoms with van der Waals surface area (Å²) in [5, 5.41) is 3.35. The standard InChI is InChI=1S/C17H30N2O2/c1-7-18-11-14-9-15(17(4,5)6)19-16(10-14)21-13(3)12-20-8-2/h9-10,13,18H,7-8,11-12H2,1-6H3. The van der Waals surface area contributed by atoms with Crippen molar-refractivity contribution in [1.82, 2.24) is 10.3 Å². The van der Waals surface area contributed by atoms with Crippen LogP contribution in [0.4, 0.5) is 0 Å². The maximum Gasteiger partial charge on any atom is 0.214 e. The lowest BCUT2D eigenvalue weighted by Crippen LogP contribution is -2.22. The molecule has 0 aliphatic carbocycles. The second kappa shape index (κ2) is 8.35. The Bertz CT molecular complexity index is 427. The quantitative estimate of drug-likeness (QED) is 0.799. The van der Waals surface area contributed by atoms with Gasteiger partial charge in [-0.05, 0) is 32.0 Å². The van der Waals surface area contributed by atoms with Crippen molar-refractivity contribution in [1.29, 1.82) is 0 Å². The van der Waals surface area contributed by atoms with E-state index in [2.05, 4.69) is 44.1 Å². The molecule has 0 aliphatic heterocycles. The molecule has 0 aromatic carbocycles. The van der Waals surface area contributed by atoms with Gasteiger partial charge < -0.3 is 14.8 Å². The van der Waals surface area contributed by atoms with Crippen LogP contribution in [-0.4, -0.2) is 30.8 Å². The van der Waals surface area contributed by atoms with Gasteiger partial charge in [-0.15, -0.1) is 0 Å². The number of nitrogens with one attached hydrogen (secondary N) is 1. The Morgan fingerprint density at radius 1 is 1.24 bits per heavy atom. The molecular formula is C17H30N2O2. The molecule has 1 aromatic heterocycles. The molecule has 0 amide bonds. The first-order valence-corrected chi connectivity index (χ1v) is 7.83. The second-order valence-electron chi connectivity index (χ2n) is 6.32. The van der Waals surface area contributed by atoms with E-state index in [-0.39, 0.29) is 11.5 Å². The maximum atomic E-state index is 5.91. The second-order valence-corrected chi connectivity index (χ2v) is 6.32. The van der Waals surface area contributed by atoms with Crippen LogP contribution in [0.1, 0.15) is 52.8 Å². The zero-order valence-corrected chi connectivity index (χ0v) is 14.3. The van der Waals surface area contributed by atoms with Crippen molar-refractivity contribution in [2.75, 3.05) is 19.8 Å². The van der Waals surface area contributed by atoms with Gasteiger partial charge >= 0.3 is 0 Å². The Balaban J connectivity index is 2.90. The van der Waals surface area contributed by atoms with Crippen LogP contribution in [0.25, 0.3) is 0 Å². The number of aromatic nitrogens is 1. The summed E-state index contributed by atoms with van der Waals surface area (Å²) in [5.41, 5.74) is 2.26. The first kappa shape index (κ1) is 17.9. The summed E-state index contributed by atoms with van der Waals surface area (Å²) in [7, 11) is 0. The summed E-state index contributed by atoms with van der Waals surface area (Å²) in [5.74, 6) is 0.683. The van der Waals surface area contributed by atoms with Gasteiger partial charge in [-0.25, -0.2) is 4.98 Å². The van der Waals surface area contributed by atoms with E-state index in [4.69, 9.17) is 9.47 Å². The van der Waals surface area contributed by atoms with Crippen molar-refractivity contribution in [2.24, 2.45) is 0 Å². The van der Waals surface area contributed by atoms with E-state index in [9.17, 15) is 0 Å². The van der Waals surface area contributed by atoms with Crippen LogP contribution in [0.15, 0.2) is 12.1 Å². The molecular weight excluding hydrogens is 264 g/mol. The minimum absolute atomic E-state index is 0.000322. The molecule has 0 spiro atoms. The minimum atomic E-state index is -0.000322. The highest BCUT2D eigenvalue weighted by molar-refractivity contribution is 5.28. The van der Waals surface area contributed by atoms with E-state index >= 15 is 0 Å². The summed E-state index contributed by atoms with van der Waals surface area (Å²) in [4.78, 5) is 4.66. The van der Waals surface area contributed by atoms with Gasteiger partial charge in [0.15, 0.2) is 0 Å². The number of hydrogen-bond donors (Lipinski definition) is 1. The van der Waals surface area contributed by atoms with Gasteiger partial charge in [0, 0.05) is 24.6 Å². The number of nitrogens with zero attached hydrogens (tertiary/aromatic N) is 1. The predicted molar refractivity (Wildman–Crippen MR) is 86.9 cm³/mol. The summed E-state index contributed by atoms with van der Waals surface area (Å²) >= 11 is 0. The highest BCUT2D eigenvalue weighted by Gasteiger charge is 2.18. The SMILES string of the molecule is CCNCc1cc(OC(C)COCC)nc(C(C)(C)C)c1. The summed E-state index contributed by atoms with van der Waals surface area (Å²) in [6.45, 7) is 15.7. The lowest BCUT2D eigenvalue weighted by atomic mass is 9.91. The molecule has 21 heavy (non-hydrogen) atoms.